The molecule has 2 N–H and O–H groups in total. The molecule has 2 atom stereocenters. The molecule has 3 nitrogen and oxygen atoms in total. The summed E-state index contributed by atoms with van der Waals surface area (Å²) in [7, 11) is 0. The van der Waals surface area contributed by atoms with Crippen LogP contribution in [0.25, 0.3) is 0 Å². The van der Waals surface area contributed by atoms with Crippen LogP contribution in [0.2, 0.25) is 5.02 Å². The van der Waals surface area contributed by atoms with Gasteiger partial charge in [0.2, 0.25) is 0 Å². The number of ether oxygens (including phenoxy) is 1. The van der Waals surface area contributed by atoms with Crippen LogP contribution in [0, 0.1) is 0 Å². The van der Waals surface area contributed by atoms with Crippen molar-refractivity contribution in [1.29, 1.82) is 0 Å². The average Bonchev–Trinajstić information content (AvgIpc) is 2.90. The minimum absolute atomic E-state index is 0.0430. The summed E-state index contributed by atoms with van der Waals surface area (Å²) in [6.45, 7) is 3.65. The SMILES string of the molecule is CC(CO)(NCC1CCCO1)c1ccc(Cl)cc1. The van der Waals surface area contributed by atoms with E-state index in [0.717, 1.165) is 31.6 Å². The van der Waals surface area contributed by atoms with E-state index in [4.69, 9.17) is 16.3 Å². The zero-order valence-corrected chi connectivity index (χ0v) is 11.4. The lowest BCUT2D eigenvalue weighted by Crippen LogP contribution is -2.46. The Morgan fingerprint density at radius 2 is 2.17 bits per heavy atom. The number of nitrogens with one attached hydrogen (secondary N) is 1. The van der Waals surface area contributed by atoms with Crippen LogP contribution >= 0.6 is 11.6 Å². The molecule has 0 bridgehead atoms. The summed E-state index contributed by atoms with van der Waals surface area (Å²) < 4.78 is 5.58. The predicted molar refractivity (Wildman–Crippen MR) is 72.9 cm³/mol. The molecule has 4 heteroatoms. The van der Waals surface area contributed by atoms with Crippen LogP contribution in [-0.4, -0.2) is 31.0 Å². The third kappa shape index (κ3) is 3.23. The van der Waals surface area contributed by atoms with Gasteiger partial charge in [0.05, 0.1) is 18.2 Å². The van der Waals surface area contributed by atoms with Gasteiger partial charge in [-0.25, -0.2) is 0 Å². The summed E-state index contributed by atoms with van der Waals surface area (Å²) in [5, 5.41) is 13.8. The fourth-order valence-electron chi connectivity index (χ4n) is 2.21. The van der Waals surface area contributed by atoms with Gasteiger partial charge in [0, 0.05) is 18.2 Å². The standard InChI is InChI=1S/C14H20ClNO2/c1-14(10-17,11-4-6-12(15)7-5-11)16-9-13-3-2-8-18-13/h4-7,13,16-17H,2-3,8-10H2,1H3. The second kappa shape index (κ2) is 6.02. The second-order valence-corrected chi connectivity index (χ2v) is 5.45. The van der Waals surface area contributed by atoms with Crippen LogP contribution in [0.4, 0.5) is 0 Å². The van der Waals surface area contributed by atoms with Crippen molar-refractivity contribution in [1.82, 2.24) is 5.32 Å². The van der Waals surface area contributed by atoms with Gasteiger partial charge in [-0.2, -0.15) is 0 Å². The van der Waals surface area contributed by atoms with Crippen molar-refractivity contribution in [3.05, 3.63) is 34.9 Å². The zero-order valence-electron chi connectivity index (χ0n) is 10.7. The van der Waals surface area contributed by atoms with E-state index in [0.29, 0.717) is 5.02 Å². The zero-order chi connectivity index (χ0) is 13.0. The number of aliphatic hydroxyl groups excluding tert-OH is 1. The maximum Gasteiger partial charge on any atom is 0.0700 e. The number of rotatable bonds is 5. The van der Waals surface area contributed by atoms with E-state index in [2.05, 4.69) is 5.32 Å². The molecule has 0 aliphatic carbocycles. The minimum atomic E-state index is -0.448. The normalized spacial score (nSPS) is 22.9. The van der Waals surface area contributed by atoms with Crippen LogP contribution < -0.4 is 5.32 Å². The second-order valence-electron chi connectivity index (χ2n) is 5.01. The Hall–Kier alpha value is -0.610. The van der Waals surface area contributed by atoms with Crippen molar-refractivity contribution >= 4 is 11.6 Å². The van der Waals surface area contributed by atoms with Gasteiger partial charge in [0.15, 0.2) is 0 Å². The Morgan fingerprint density at radius 1 is 1.44 bits per heavy atom. The topological polar surface area (TPSA) is 41.5 Å². The molecule has 2 rings (SSSR count). The van der Waals surface area contributed by atoms with Crippen LogP contribution in [0.3, 0.4) is 0 Å². The molecule has 1 fully saturated rings. The molecule has 0 amide bonds. The lowest BCUT2D eigenvalue weighted by Gasteiger charge is -2.30. The Labute approximate surface area is 113 Å². The summed E-state index contributed by atoms with van der Waals surface area (Å²) >= 11 is 5.88. The number of hydrogen-bond acceptors (Lipinski definition) is 3. The molecule has 1 aliphatic rings. The first-order chi connectivity index (χ1) is 8.64. The van der Waals surface area contributed by atoms with E-state index >= 15 is 0 Å². The Balaban J connectivity index is 2.01. The first-order valence-electron chi connectivity index (χ1n) is 6.37. The van der Waals surface area contributed by atoms with E-state index in [1.54, 1.807) is 0 Å². The summed E-state index contributed by atoms with van der Waals surface area (Å²) in [5.74, 6) is 0. The lowest BCUT2D eigenvalue weighted by atomic mass is 9.92. The van der Waals surface area contributed by atoms with Crippen molar-refractivity contribution in [2.75, 3.05) is 19.8 Å². The minimum Gasteiger partial charge on any atom is -0.394 e. The van der Waals surface area contributed by atoms with Gasteiger partial charge in [-0.1, -0.05) is 23.7 Å². The largest absolute Gasteiger partial charge is 0.394 e. The van der Waals surface area contributed by atoms with Crippen LogP contribution in [0.15, 0.2) is 24.3 Å². The van der Waals surface area contributed by atoms with E-state index < -0.39 is 5.54 Å². The fraction of sp³-hybridized carbons (Fsp3) is 0.571. The molecule has 2 unspecified atom stereocenters. The maximum absolute atomic E-state index is 9.65. The number of benzene rings is 1. The van der Waals surface area contributed by atoms with E-state index in [1.165, 1.54) is 0 Å². The molecule has 0 saturated carbocycles. The number of hydrogen-bond donors (Lipinski definition) is 2. The Morgan fingerprint density at radius 3 is 2.72 bits per heavy atom. The quantitative estimate of drug-likeness (QED) is 0.862. The molecule has 1 saturated heterocycles. The Kier molecular flexibility index (Phi) is 4.62. The Bertz CT molecular complexity index is 376. The van der Waals surface area contributed by atoms with Crippen molar-refractivity contribution in [3.8, 4) is 0 Å². The highest BCUT2D eigenvalue weighted by Gasteiger charge is 2.27. The summed E-state index contributed by atoms with van der Waals surface area (Å²) in [5.41, 5.74) is 0.587. The molecular formula is C14H20ClNO2. The lowest BCUT2D eigenvalue weighted by molar-refractivity contribution is 0.0910. The third-order valence-electron chi connectivity index (χ3n) is 3.54. The van der Waals surface area contributed by atoms with Crippen molar-refractivity contribution < 1.29 is 9.84 Å². The first-order valence-corrected chi connectivity index (χ1v) is 6.75. The molecule has 1 aromatic rings. The smallest absolute Gasteiger partial charge is 0.0700 e. The van der Waals surface area contributed by atoms with E-state index in [1.807, 2.05) is 31.2 Å². The molecule has 0 aromatic heterocycles. The van der Waals surface area contributed by atoms with Crippen LogP contribution in [0.5, 0.6) is 0 Å². The van der Waals surface area contributed by atoms with Crippen molar-refractivity contribution in [3.63, 3.8) is 0 Å². The van der Waals surface area contributed by atoms with Crippen molar-refractivity contribution in [2.45, 2.75) is 31.4 Å². The third-order valence-corrected chi connectivity index (χ3v) is 3.79. The van der Waals surface area contributed by atoms with Gasteiger partial charge in [-0.3, -0.25) is 0 Å². The molecular weight excluding hydrogens is 250 g/mol. The molecule has 18 heavy (non-hydrogen) atoms. The highest BCUT2D eigenvalue weighted by atomic mass is 35.5. The maximum atomic E-state index is 9.65. The molecule has 0 spiro atoms. The molecule has 1 heterocycles. The van der Waals surface area contributed by atoms with Gasteiger partial charge in [0.1, 0.15) is 0 Å². The highest BCUT2D eigenvalue weighted by Crippen LogP contribution is 2.23. The summed E-state index contributed by atoms with van der Waals surface area (Å²) in [6, 6.07) is 7.58. The van der Waals surface area contributed by atoms with Crippen LogP contribution in [-0.2, 0) is 10.3 Å². The van der Waals surface area contributed by atoms with Gasteiger partial charge in [0.25, 0.3) is 0 Å². The van der Waals surface area contributed by atoms with Gasteiger partial charge in [-0.05, 0) is 37.5 Å². The monoisotopic (exact) mass is 269 g/mol. The molecule has 1 aliphatic heterocycles. The molecule has 1 aromatic carbocycles. The summed E-state index contributed by atoms with van der Waals surface area (Å²) in [6.07, 6.45) is 2.49. The van der Waals surface area contributed by atoms with Gasteiger partial charge < -0.3 is 15.2 Å². The van der Waals surface area contributed by atoms with E-state index in [9.17, 15) is 5.11 Å². The van der Waals surface area contributed by atoms with Gasteiger partial charge >= 0.3 is 0 Å². The number of aliphatic hydroxyl groups is 1. The summed E-state index contributed by atoms with van der Waals surface area (Å²) in [4.78, 5) is 0. The highest BCUT2D eigenvalue weighted by molar-refractivity contribution is 6.30. The average molecular weight is 270 g/mol. The van der Waals surface area contributed by atoms with Crippen LogP contribution in [0.1, 0.15) is 25.3 Å². The van der Waals surface area contributed by atoms with Crippen molar-refractivity contribution in [2.24, 2.45) is 0 Å². The molecule has 100 valence electrons. The molecule has 0 radical (unpaired) electrons. The van der Waals surface area contributed by atoms with Gasteiger partial charge in [-0.15, -0.1) is 0 Å². The first kappa shape index (κ1) is 13.8. The fourth-order valence-corrected chi connectivity index (χ4v) is 2.34. The number of halogens is 1. The van der Waals surface area contributed by atoms with E-state index in [-0.39, 0.29) is 12.7 Å². The predicted octanol–water partition coefficient (Wildman–Crippen LogP) is 2.32.